The van der Waals surface area contributed by atoms with Crippen LogP contribution in [0.25, 0.3) is 0 Å². The molecule has 1 amide bonds. The zero-order valence-electron chi connectivity index (χ0n) is 9.14. The third kappa shape index (κ3) is 3.35. The number of amides is 1. The Hall–Kier alpha value is -1.75. The van der Waals surface area contributed by atoms with E-state index in [1.165, 1.54) is 18.2 Å². The number of carbonyl (C=O) groups is 2. The number of carboxylic acid groups (broad SMARTS) is 1. The van der Waals surface area contributed by atoms with Crippen LogP contribution in [0.4, 0.5) is 0 Å². The molecule has 17 heavy (non-hydrogen) atoms. The number of carbonyl (C=O) groups excluding carboxylic acids is 1. The molecule has 0 aliphatic carbocycles. The van der Waals surface area contributed by atoms with E-state index >= 15 is 0 Å². The van der Waals surface area contributed by atoms with Gasteiger partial charge < -0.3 is 15.6 Å². The second kappa shape index (κ2) is 5.54. The van der Waals surface area contributed by atoms with Crippen LogP contribution in [0.15, 0.2) is 18.2 Å². The smallest absolute Gasteiger partial charge is 0.337 e. The molecule has 6 heteroatoms. The molecule has 0 aliphatic heterocycles. The number of primary amides is 1. The largest absolute Gasteiger partial charge is 0.481 e. The first-order valence-electron chi connectivity index (χ1n) is 4.94. The van der Waals surface area contributed by atoms with Gasteiger partial charge in [0.25, 0.3) is 5.91 Å². The Bertz CT molecular complexity index is 447. The minimum Gasteiger partial charge on any atom is -0.481 e. The van der Waals surface area contributed by atoms with E-state index in [2.05, 4.69) is 0 Å². The second-order valence-electron chi connectivity index (χ2n) is 3.36. The second-order valence-corrected chi connectivity index (χ2v) is 3.77. The number of halogens is 1. The molecule has 0 saturated carbocycles. The van der Waals surface area contributed by atoms with Crippen LogP contribution in [0, 0.1) is 0 Å². The van der Waals surface area contributed by atoms with Crippen molar-refractivity contribution in [3.8, 4) is 5.75 Å². The topological polar surface area (TPSA) is 89.6 Å². The molecule has 1 unspecified atom stereocenters. The Labute approximate surface area is 103 Å². The van der Waals surface area contributed by atoms with Crippen molar-refractivity contribution >= 4 is 23.5 Å². The van der Waals surface area contributed by atoms with Crippen molar-refractivity contribution in [3.63, 3.8) is 0 Å². The van der Waals surface area contributed by atoms with Crippen molar-refractivity contribution in [1.82, 2.24) is 0 Å². The standard InChI is InChI=1S/C11H12ClNO4/c1-2-9(10(13)14)17-6-3-4-8(12)7(5-6)11(15)16/h3-5,9H,2H2,1H3,(H2,13,14)(H,15,16). The molecule has 0 aromatic heterocycles. The van der Waals surface area contributed by atoms with Gasteiger partial charge in [-0.3, -0.25) is 4.79 Å². The summed E-state index contributed by atoms with van der Waals surface area (Å²) >= 11 is 5.70. The molecule has 0 bridgehead atoms. The van der Waals surface area contributed by atoms with E-state index in [0.717, 1.165) is 0 Å². The molecule has 0 heterocycles. The fourth-order valence-electron chi connectivity index (χ4n) is 1.25. The van der Waals surface area contributed by atoms with E-state index in [0.29, 0.717) is 6.42 Å². The third-order valence-corrected chi connectivity index (χ3v) is 2.46. The average molecular weight is 258 g/mol. The Morgan fingerprint density at radius 1 is 1.53 bits per heavy atom. The lowest BCUT2D eigenvalue weighted by Crippen LogP contribution is -2.33. The number of hydrogen-bond acceptors (Lipinski definition) is 3. The van der Waals surface area contributed by atoms with Crippen LogP contribution in [0.3, 0.4) is 0 Å². The summed E-state index contributed by atoms with van der Waals surface area (Å²) < 4.78 is 5.27. The lowest BCUT2D eigenvalue weighted by atomic mass is 10.2. The van der Waals surface area contributed by atoms with Gasteiger partial charge in [0.05, 0.1) is 10.6 Å². The summed E-state index contributed by atoms with van der Waals surface area (Å²) in [6, 6.07) is 4.14. The highest BCUT2D eigenvalue weighted by Crippen LogP contribution is 2.23. The molecule has 3 N–H and O–H groups in total. The molecule has 92 valence electrons. The average Bonchev–Trinajstić information content (AvgIpc) is 2.27. The Kier molecular flexibility index (Phi) is 4.34. The molecule has 0 aliphatic rings. The van der Waals surface area contributed by atoms with Crippen molar-refractivity contribution < 1.29 is 19.4 Å². The minimum absolute atomic E-state index is 0.0801. The van der Waals surface area contributed by atoms with Gasteiger partial charge in [-0.25, -0.2) is 4.79 Å². The molecule has 5 nitrogen and oxygen atoms in total. The Morgan fingerprint density at radius 2 is 2.18 bits per heavy atom. The highest BCUT2D eigenvalue weighted by Gasteiger charge is 2.16. The SMILES string of the molecule is CCC(Oc1ccc(Cl)c(C(=O)O)c1)C(N)=O. The fourth-order valence-corrected chi connectivity index (χ4v) is 1.45. The first kappa shape index (κ1) is 13.3. The van der Waals surface area contributed by atoms with Crippen LogP contribution in [-0.2, 0) is 4.79 Å². The summed E-state index contributed by atoms with van der Waals surface area (Å²) in [5, 5.41) is 8.97. The molecular weight excluding hydrogens is 246 g/mol. The number of benzene rings is 1. The summed E-state index contributed by atoms with van der Waals surface area (Å²) in [5.74, 6) is -1.51. The van der Waals surface area contributed by atoms with Crippen LogP contribution >= 0.6 is 11.6 Å². The highest BCUT2D eigenvalue weighted by molar-refractivity contribution is 6.33. The molecule has 0 radical (unpaired) electrons. The molecule has 1 aromatic carbocycles. The zero-order chi connectivity index (χ0) is 13.0. The summed E-state index contributed by atoms with van der Waals surface area (Å²) in [6.07, 6.45) is -0.377. The quantitative estimate of drug-likeness (QED) is 0.840. The van der Waals surface area contributed by atoms with Crippen molar-refractivity contribution in [2.45, 2.75) is 19.4 Å². The van der Waals surface area contributed by atoms with Crippen LogP contribution in [0.5, 0.6) is 5.75 Å². The fraction of sp³-hybridized carbons (Fsp3) is 0.273. The number of hydrogen-bond donors (Lipinski definition) is 2. The molecule has 0 fully saturated rings. The number of rotatable bonds is 5. The Balaban J connectivity index is 2.96. The van der Waals surface area contributed by atoms with E-state index in [1.807, 2.05) is 0 Å². The molecular formula is C11H12ClNO4. The lowest BCUT2D eigenvalue weighted by Gasteiger charge is -2.14. The van der Waals surface area contributed by atoms with Gasteiger partial charge in [0.2, 0.25) is 0 Å². The molecule has 1 atom stereocenters. The third-order valence-electron chi connectivity index (χ3n) is 2.13. The zero-order valence-corrected chi connectivity index (χ0v) is 9.90. The summed E-state index contributed by atoms with van der Waals surface area (Å²) in [4.78, 5) is 21.8. The van der Waals surface area contributed by atoms with Gasteiger partial charge in [0, 0.05) is 0 Å². The van der Waals surface area contributed by atoms with Gasteiger partial charge in [-0.05, 0) is 24.6 Å². The van der Waals surface area contributed by atoms with E-state index < -0.39 is 18.0 Å². The summed E-state index contributed by atoms with van der Waals surface area (Å²) in [5.41, 5.74) is 5.04. The predicted octanol–water partition coefficient (Wildman–Crippen LogP) is 1.68. The van der Waals surface area contributed by atoms with Gasteiger partial charge >= 0.3 is 5.97 Å². The van der Waals surface area contributed by atoms with Gasteiger partial charge in [-0.1, -0.05) is 18.5 Å². The van der Waals surface area contributed by atoms with E-state index in [-0.39, 0.29) is 16.3 Å². The van der Waals surface area contributed by atoms with Crippen molar-refractivity contribution in [2.75, 3.05) is 0 Å². The van der Waals surface area contributed by atoms with Crippen molar-refractivity contribution in [1.29, 1.82) is 0 Å². The van der Waals surface area contributed by atoms with Gasteiger partial charge in [-0.15, -0.1) is 0 Å². The van der Waals surface area contributed by atoms with Crippen LogP contribution < -0.4 is 10.5 Å². The van der Waals surface area contributed by atoms with Crippen molar-refractivity contribution in [3.05, 3.63) is 28.8 Å². The maximum atomic E-state index is 11.0. The number of carboxylic acids is 1. The predicted molar refractivity (Wildman–Crippen MR) is 62.3 cm³/mol. The first-order valence-corrected chi connectivity index (χ1v) is 5.32. The summed E-state index contributed by atoms with van der Waals surface area (Å²) in [7, 11) is 0. The normalized spacial score (nSPS) is 11.9. The number of nitrogens with two attached hydrogens (primary N) is 1. The maximum absolute atomic E-state index is 11.0. The minimum atomic E-state index is -1.16. The van der Waals surface area contributed by atoms with Gasteiger partial charge in [-0.2, -0.15) is 0 Å². The van der Waals surface area contributed by atoms with Crippen LogP contribution in [-0.4, -0.2) is 23.1 Å². The lowest BCUT2D eigenvalue weighted by molar-refractivity contribution is -0.124. The van der Waals surface area contributed by atoms with E-state index in [4.69, 9.17) is 27.2 Å². The van der Waals surface area contributed by atoms with E-state index in [1.54, 1.807) is 6.92 Å². The first-order chi connectivity index (χ1) is 7.95. The highest BCUT2D eigenvalue weighted by atomic mass is 35.5. The number of ether oxygens (including phenoxy) is 1. The van der Waals surface area contributed by atoms with Crippen LogP contribution in [0.2, 0.25) is 5.02 Å². The molecule has 0 spiro atoms. The van der Waals surface area contributed by atoms with E-state index in [9.17, 15) is 9.59 Å². The number of aromatic carboxylic acids is 1. The van der Waals surface area contributed by atoms with Crippen LogP contribution in [0.1, 0.15) is 23.7 Å². The van der Waals surface area contributed by atoms with Gasteiger partial charge in [0.1, 0.15) is 5.75 Å². The van der Waals surface area contributed by atoms with Gasteiger partial charge in [0.15, 0.2) is 6.10 Å². The summed E-state index contributed by atoms with van der Waals surface area (Å²) in [6.45, 7) is 1.74. The molecule has 1 aromatic rings. The molecule has 0 saturated heterocycles. The molecule has 1 rings (SSSR count). The monoisotopic (exact) mass is 257 g/mol. The maximum Gasteiger partial charge on any atom is 0.337 e. The van der Waals surface area contributed by atoms with Crippen molar-refractivity contribution in [2.24, 2.45) is 5.73 Å². The Morgan fingerprint density at radius 3 is 2.65 bits per heavy atom.